The van der Waals surface area contributed by atoms with Crippen molar-refractivity contribution in [2.24, 2.45) is 0 Å². The number of rotatable bonds is 8. The van der Waals surface area contributed by atoms with Gasteiger partial charge in [-0.2, -0.15) is 0 Å². The molecule has 222 valence electrons. The van der Waals surface area contributed by atoms with Crippen molar-refractivity contribution < 1.29 is 10.2 Å². The van der Waals surface area contributed by atoms with Crippen LogP contribution in [-0.2, 0) is 0 Å². The lowest BCUT2D eigenvalue weighted by Crippen LogP contribution is -2.15. The number of aromatic hydroxyl groups is 2. The van der Waals surface area contributed by atoms with Crippen molar-refractivity contribution in [1.29, 1.82) is 0 Å². The number of para-hydroxylation sites is 2. The van der Waals surface area contributed by atoms with Crippen molar-refractivity contribution in [2.75, 3.05) is 9.80 Å². The van der Waals surface area contributed by atoms with Crippen molar-refractivity contribution in [3.63, 3.8) is 0 Å². The molecule has 0 fully saturated rings. The molecular formula is C42H32N2O2. The van der Waals surface area contributed by atoms with E-state index in [-0.39, 0.29) is 11.5 Å². The first-order valence-electron chi connectivity index (χ1n) is 15.2. The summed E-state index contributed by atoms with van der Waals surface area (Å²) in [5, 5.41) is 21.3. The Morgan fingerprint density at radius 3 is 1.20 bits per heavy atom. The second-order valence-electron chi connectivity index (χ2n) is 11.0. The third kappa shape index (κ3) is 5.68. The first-order valence-corrected chi connectivity index (χ1v) is 15.2. The molecule has 7 aromatic rings. The molecule has 2 N–H and O–H groups in total. The van der Waals surface area contributed by atoms with Crippen LogP contribution in [0.25, 0.3) is 22.3 Å². The lowest BCUT2D eigenvalue weighted by atomic mass is 9.91. The molecule has 7 aromatic carbocycles. The first-order chi connectivity index (χ1) is 22.7. The molecule has 4 heteroatoms. The van der Waals surface area contributed by atoms with Gasteiger partial charge in [0, 0.05) is 40.4 Å². The van der Waals surface area contributed by atoms with Gasteiger partial charge in [-0.3, -0.25) is 0 Å². The molecule has 4 nitrogen and oxygen atoms in total. The Bertz CT molecular complexity index is 1970. The molecule has 0 radical (unpaired) electrons. The zero-order valence-electron chi connectivity index (χ0n) is 25.1. The van der Waals surface area contributed by atoms with E-state index in [1.165, 1.54) is 0 Å². The Kier molecular flexibility index (Phi) is 7.91. The summed E-state index contributed by atoms with van der Waals surface area (Å²) in [6.07, 6.45) is 0. The summed E-state index contributed by atoms with van der Waals surface area (Å²) in [7, 11) is 0. The first kappa shape index (κ1) is 28.5. The van der Waals surface area contributed by atoms with Gasteiger partial charge in [0.05, 0.1) is 11.4 Å². The molecule has 0 spiro atoms. The highest BCUT2D eigenvalue weighted by molar-refractivity contribution is 6.02. The lowest BCUT2D eigenvalue weighted by Gasteiger charge is -2.33. The predicted molar refractivity (Wildman–Crippen MR) is 190 cm³/mol. The lowest BCUT2D eigenvalue weighted by molar-refractivity contribution is 0.475. The molecule has 46 heavy (non-hydrogen) atoms. The summed E-state index contributed by atoms with van der Waals surface area (Å²) in [6.45, 7) is 0. The van der Waals surface area contributed by atoms with Gasteiger partial charge >= 0.3 is 0 Å². The number of hydrogen-bond donors (Lipinski definition) is 2. The van der Waals surface area contributed by atoms with Gasteiger partial charge in [0.15, 0.2) is 0 Å². The van der Waals surface area contributed by atoms with E-state index in [1.807, 2.05) is 66.7 Å². The third-order valence-electron chi connectivity index (χ3n) is 7.99. The molecule has 0 aliphatic rings. The molecule has 0 aliphatic carbocycles. The van der Waals surface area contributed by atoms with Crippen molar-refractivity contribution in [3.05, 3.63) is 182 Å². The van der Waals surface area contributed by atoms with Gasteiger partial charge in [-0.1, -0.05) is 109 Å². The van der Waals surface area contributed by atoms with Crippen molar-refractivity contribution >= 4 is 34.1 Å². The number of anilines is 6. The maximum Gasteiger partial charge on any atom is 0.117 e. The maximum atomic E-state index is 10.6. The maximum absolute atomic E-state index is 10.6. The predicted octanol–water partition coefficient (Wildman–Crippen LogP) is 11.4. The SMILES string of the molecule is Oc1cccc(N(c2ccccc2)c2cccc(N(c3ccccc3)c3cccc(O)c3)c2-c2ccccc2-c2ccccc2)c1. The van der Waals surface area contributed by atoms with Crippen molar-refractivity contribution in [2.45, 2.75) is 0 Å². The molecule has 0 aromatic heterocycles. The number of phenolic OH excluding ortho intramolecular Hbond substituents is 2. The van der Waals surface area contributed by atoms with Gasteiger partial charge in [-0.05, 0) is 77.4 Å². The monoisotopic (exact) mass is 596 g/mol. The zero-order chi connectivity index (χ0) is 31.3. The van der Waals surface area contributed by atoms with Crippen LogP contribution in [-0.4, -0.2) is 10.2 Å². The summed E-state index contributed by atoms with van der Waals surface area (Å²) in [5.41, 5.74) is 9.63. The minimum Gasteiger partial charge on any atom is -0.508 e. The fourth-order valence-electron chi connectivity index (χ4n) is 6.02. The van der Waals surface area contributed by atoms with E-state index in [1.54, 1.807) is 24.3 Å². The number of hydrogen-bond acceptors (Lipinski definition) is 4. The highest BCUT2D eigenvalue weighted by Crippen LogP contribution is 2.51. The quantitative estimate of drug-likeness (QED) is 0.183. The third-order valence-corrected chi connectivity index (χ3v) is 7.99. The molecule has 0 amide bonds. The highest BCUT2D eigenvalue weighted by atomic mass is 16.3. The number of nitrogens with zero attached hydrogens (tertiary/aromatic N) is 2. The molecule has 0 aliphatic heterocycles. The second kappa shape index (κ2) is 12.8. The van der Waals surface area contributed by atoms with Crippen LogP contribution in [0.1, 0.15) is 0 Å². The van der Waals surface area contributed by atoms with E-state index in [0.717, 1.165) is 56.4 Å². The minimum atomic E-state index is 0.187. The van der Waals surface area contributed by atoms with Crippen LogP contribution in [0.3, 0.4) is 0 Å². The Morgan fingerprint density at radius 1 is 0.326 bits per heavy atom. The normalized spacial score (nSPS) is 10.8. The van der Waals surface area contributed by atoms with Crippen LogP contribution < -0.4 is 9.80 Å². The Labute approximate surface area is 269 Å². The molecule has 0 heterocycles. The summed E-state index contributed by atoms with van der Waals surface area (Å²) < 4.78 is 0. The van der Waals surface area contributed by atoms with E-state index >= 15 is 0 Å². The standard InChI is InChI=1S/C42H32N2O2/c45-36-23-12-21-34(29-36)43(32-17-6-2-7-18-32)40-27-14-28-41(42(40)39-26-11-10-25-38(39)31-15-4-1-5-16-31)44(33-19-8-3-9-20-33)35-22-13-24-37(46)30-35/h1-30,45-46H. The minimum absolute atomic E-state index is 0.187. The molecule has 0 atom stereocenters. The number of benzene rings is 7. The van der Waals surface area contributed by atoms with Crippen molar-refractivity contribution in [3.8, 4) is 33.8 Å². The van der Waals surface area contributed by atoms with Gasteiger partial charge in [-0.25, -0.2) is 0 Å². The molecule has 7 rings (SSSR count). The summed E-state index contributed by atoms with van der Waals surface area (Å²) in [5.74, 6) is 0.373. The van der Waals surface area contributed by atoms with Crippen LogP contribution in [0.15, 0.2) is 182 Å². The van der Waals surface area contributed by atoms with Crippen molar-refractivity contribution in [1.82, 2.24) is 0 Å². The second-order valence-corrected chi connectivity index (χ2v) is 11.0. The van der Waals surface area contributed by atoms with Gasteiger partial charge in [0.2, 0.25) is 0 Å². The molecule has 0 saturated carbocycles. The average molecular weight is 597 g/mol. The Balaban J connectivity index is 1.60. The largest absolute Gasteiger partial charge is 0.508 e. The van der Waals surface area contributed by atoms with Crippen LogP contribution in [0.2, 0.25) is 0 Å². The van der Waals surface area contributed by atoms with Gasteiger partial charge in [0.25, 0.3) is 0 Å². The Hall–Kier alpha value is -6.26. The zero-order valence-corrected chi connectivity index (χ0v) is 25.1. The molecule has 0 unspecified atom stereocenters. The van der Waals surface area contributed by atoms with Gasteiger partial charge in [0.1, 0.15) is 11.5 Å². The highest BCUT2D eigenvalue weighted by Gasteiger charge is 2.26. The van der Waals surface area contributed by atoms with E-state index < -0.39 is 0 Å². The van der Waals surface area contributed by atoms with E-state index in [9.17, 15) is 10.2 Å². The fraction of sp³-hybridized carbons (Fsp3) is 0. The van der Waals surface area contributed by atoms with E-state index in [0.29, 0.717) is 0 Å². The number of phenols is 2. The topological polar surface area (TPSA) is 46.9 Å². The van der Waals surface area contributed by atoms with Gasteiger partial charge < -0.3 is 20.0 Å². The van der Waals surface area contributed by atoms with Crippen LogP contribution in [0.4, 0.5) is 34.1 Å². The van der Waals surface area contributed by atoms with E-state index in [4.69, 9.17) is 0 Å². The molecule has 0 bridgehead atoms. The van der Waals surface area contributed by atoms with E-state index in [2.05, 4.69) is 101 Å². The summed E-state index contributed by atoms with van der Waals surface area (Å²) >= 11 is 0. The molecular weight excluding hydrogens is 564 g/mol. The molecule has 0 saturated heterocycles. The van der Waals surface area contributed by atoms with Crippen LogP contribution in [0, 0.1) is 0 Å². The van der Waals surface area contributed by atoms with Crippen LogP contribution in [0.5, 0.6) is 11.5 Å². The Morgan fingerprint density at radius 2 is 0.717 bits per heavy atom. The fourth-order valence-corrected chi connectivity index (χ4v) is 6.02. The van der Waals surface area contributed by atoms with Gasteiger partial charge in [-0.15, -0.1) is 0 Å². The summed E-state index contributed by atoms with van der Waals surface area (Å²) in [4.78, 5) is 4.37. The average Bonchev–Trinajstić information content (AvgIpc) is 3.10. The van der Waals surface area contributed by atoms with Crippen LogP contribution >= 0.6 is 0 Å². The smallest absolute Gasteiger partial charge is 0.117 e. The summed E-state index contributed by atoms with van der Waals surface area (Å²) in [6, 6.07) is 60.3.